The molecule has 0 saturated heterocycles. The highest BCUT2D eigenvalue weighted by Gasteiger charge is 1.99. The van der Waals surface area contributed by atoms with Crippen LogP contribution in [-0.2, 0) is 0 Å². The lowest BCUT2D eigenvalue weighted by molar-refractivity contribution is 1.22. The van der Waals surface area contributed by atoms with Crippen LogP contribution in [0.4, 0.5) is 5.13 Å². The fourth-order valence-corrected chi connectivity index (χ4v) is 1.75. The van der Waals surface area contributed by atoms with Crippen LogP contribution in [-0.4, -0.2) is 9.97 Å². The van der Waals surface area contributed by atoms with Crippen molar-refractivity contribution in [3.63, 3.8) is 0 Å². The van der Waals surface area contributed by atoms with Crippen LogP contribution in [0.2, 0.25) is 0 Å². The minimum Gasteiger partial charge on any atom is -0.375 e. The standard InChI is InChI=1S/C7H7N3S.C2H6/c1-4-2-6-5(3-9-4)10-7(8)11-6;1-2/h2-3H,1H3,(H2,8,10);1-2H3. The minimum atomic E-state index is 0.604. The molecule has 2 rings (SSSR count). The monoisotopic (exact) mass is 195 g/mol. The number of hydrogen-bond acceptors (Lipinski definition) is 4. The van der Waals surface area contributed by atoms with Crippen molar-refractivity contribution in [1.82, 2.24) is 9.97 Å². The van der Waals surface area contributed by atoms with E-state index in [1.165, 1.54) is 11.3 Å². The predicted octanol–water partition coefficient (Wildman–Crippen LogP) is 2.61. The Balaban J connectivity index is 0.000000396. The number of aryl methyl sites for hydroxylation is 1. The fourth-order valence-electron chi connectivity index (χ4n) is 0.947. The summed E-state index contributed by atoms with van der Waals surface area (Å²) in [6.07, 6.45) is 1.75. The largest absolute Gasteiger partial charge is 0.375 e. The Kier molecular flexibility index (Phi) is 3.19. The van der Waals surface area contributed by atoms with E-state index in [-0.39, 0.29) is 0 Å². The number of hydrogen-bond donors (Lipinski definition) is 1. The molecule has 0 aliphatic heterocycles. The molecule has 2 N–H and O–H groups in total. The molecule has 0 radical (unpaired) electrons. The van der Waals surface area contributed by atoms with Crippen LogP contribution in [0.5, 0.6) is 0 Å². The summed E-state index contributed by atoms with van der Waals surface area (Å²) in [5.74, 6) is 0. The smallest absolute Gasteiger partial charge is 0.181 e. The number of aromatic nitrogens is 2. The predicted molar refractivity (Wildman–Crippen MR) is 57.9 cm³/mol. The lowest BCUT2D eigenvalue weighted by Gasteiger charge is -1.87. The van der Waals surface area contributed by atoms with Crippen molar-refractivity contribution in [3.05, 3.63) is 18.0 Å². The lowest BCUT2D eigenvalue weighted by Crippen LogP contribution is -1.80. The number of pyridine rings is 1. The molecule has 0 saturated carbocycles. The topological polar surface area (TPSA) is 51.8 Å². The first kappa shape index (κ1) is 9.92. The average molecular weight is 195 g/mol. The van der Waals surface area contributed by atoms with E-state index in [9.17, 15) is 0 Å². The molecule has 0 spiro atoms. The van der Waals surface area contributed by atoms with Crippen molar-refractivity contribution in [2.24, 2.45) is 0 Å². The molecule has 0 fully saturated rings. The molecule has 2 heterocycles. The second-order valence-electron chi connectivity index (χ2n) is 2.35. The van der Waals surface area contributed by atoms with Gasteiger partial charge in [0.05, 0.1) is 10.9 Å². The van der Waals surface area contributed by atoms with E-state index in [1.807, 2.05) is 26.8 Å². The zero-order valence-electron chi connectivity index (χ0n) is 8.03. The Morgan fingerprint density at radius 3 is 2.77 bits per heavy atom. The van der Waals surface area contributed by atoms with Crippen LogP contribution in [0.25, 0.3) is 10.2 Å². The summed E-state index contributed by atoms with van der Waals surface area (Å²) in [6.45, 7) is 5.95. The van der Waals surface area contributed by atoms with E-state index in [0.717, 1.165) is 15.9 Å². The molecule has 0 bridgehead atoms. The number of anilines is 1. The first-order chi connectivity index (χ1) is 6.25. The number of fused-ring (bicyclic) bond motifs is 1. The molecule has 0 amide bonds. The molecule has 0 aliphatic carbocycles. The fraction of sp³-hybridized carbons (Fsp3) is 0.333. The van der Waals surface area contributed by atoms with Gasteiger partial charge in [-0.15, -0.1) is 0 Å². The van der Waals surface area contributed by atoms with Crippen molar-refractivity contribution < 1.29 is 0 Å². The SMILES string of the molecule is CC.Cc1cc2sc(N)nc2cn1. The molecular formula is C9H13N3S. The van der Waals surface area contributed by atoms with E-state index >= 15 is 0 Å². The second kappa shape index (κ2) is 4.18. The highest BCUT2D eigenvalue weighted by atomic mass is 32.1. The maximum atomic E-state index is 5.52. The van der Waals surface area contributed by atoms with Crippen LogP contribution in [0.3, 0.4) is 0 Å². The van der Waals surface area contributed by atoms with Gasteiger partial charge in [0.2, 0.25) is 0 Å². The molecular weight excluding hydrogens is 182 g/mol. The molecule has 3 nitrogen and oxygen atoms in total. The lowest BCUT2D eigenvalue weighted by atomic mass is 10.4. The van der Waals surface area contributed by atoms with E-state index in [4.69, 9.17) is 5.73 Å². The van der Waals surface area contributed by atoms with Gasteiger partial charge in [0.25, 0.3) is 0 Å². The summed E-state index contributed by atoms with van der Waals surface area (Å²) in [5, 5.41) is 0.604. The van der Waals surface area contributed by atoms with Crippen LogP contribution < -0.4 is 5.73 Å². The molecule has 70 valence electrons. The van der Waals surface area contributed by atoms with Crippen LogP contribution in [0.1, 0.15) is 19.5 Å². The maximum Gasteiger partial charge on any atom is 0.181 e. The summed E-state index contributed by atoms with van der Waals surface area (Å²) >= 11 is 1.49. The van der Waals surface area contributed by atoms with Gasteiger partial charge in [-0.05, 0) is 13.0 Å². The first-order valence-corrected chi connectivity index (χ1v) is 5.06. The van der Waals surface area contributed by atoms with Crippen molar-refractivity contribution in [2.75, 3.05) is 5.73 Å². The summed E-state index contributed by atoms with van der Waals surface area (Å²) < 4.78 is 1.11. The van der Waals surface area contributed by atoms with Crippen molar-refractivity contribution in [1.29, 1.82) is 0 Å². The van der Waals surface area contributed by atoms with Gasteiger partial charge in [0.1, 0.15) is 5.52 Å². The van der Waals surface area contributed by atoms with Gasteiger partial charge in [0, 0.05) is 5.69 Å². The van der Waals surface area contributed by atoms with Gasteiger partial charge >= 0.3 is 0 Å². The quantitative estimate of drug-likeness (QED) is 0.703. The molecule has 13 heavy (non-hydrogen) atoms. The Morgan fingerprint density at radius 1 is 1.38 bits per heavy atom. The third-order valence-electron chi connectivity index (χ3n) is 1.43. The summed E-state index contributed by atoms with van der Waals surface area (Å²) in [4.78, 5) is 8.20. The number of rotatable bonds is 0. The van der Waals surface area contributed by atoms with Crippen LogP contribution >= 0.6 is 11.3 Å². The van der Waals surface area contributed by atoms with Gasteiger partial charge in [-0.3, -0.25) is 4.98 Å². The Hall–Kier alpha value is -1.16. The Morgan fingerprint density at radius 2 is 2.08 bits per heavy atom. The zero-order valence-corrected chi connectivity index (χ0v) is 8.85. The number of thiazole rings is 1. The van der Waals surface area contributed by atoms with E-state index in [2.05, 4.69) is 9.97 Å². The van der Waals surface area contributed by atoms with Crippen molar-refractivity contribution in [3.8, 4) is 0 Å². The molecule has 2 aromatic heterocycles. The minimum absolute atomic E-state index is 0.604. The third kappa shape index (κ3) is 2.15. The zero-order chi connectivity index (χ0) is 9.84. The molecule has 0 atom stereocenters. The molecule has 0 aliphatic rings. The van der Waals surface area contributed by atoms with Gasteiger partial charge in [-0.1, -0.05) is 25.2 Å². The summed E-state index contributed by atoms with van der Waals surface area (Å²) in [5.41, 5.74) is 7.41. The van der Waals surface area contributed by atoms with Gasteiger partial charge in [-0.2, -0.15) is 0 Å². The van der Waals surface area contributed by atoms with Crippen molar-refractivity contribution >= 4 is 26.7 Å². The Labute approximate surface area is 81.6 Å². The van der Waals surface area contributed by atoms with Gasteiger partial charge in [0.15, 0.2) is 5.13 Å². The molecule has 0 aromatic carbocycles. The second-order valence-corrected chi connectivity index (χ2v) is 3.41. The highest BCUT2D eigenvalue weighted by molar-refractivity contribution is 7.22. The van der Waals surface area contributed by atoms with E-state index < -0.39 is 0 Å². The first-order valence-electron chi connectivity index (χ1n) is 4.24. The van der Waals surface area contributed by atoms with Crippen LogP contribution in [0.15, 0.2) is 12.3 Å². The highest BCUT2D eigenvalue weighted by Crippen LogP contribution is 2.22. The summed E-state index contributed by atoms with van der Waals surface area (Å²) in [7, 11) is 0. The third-order valence-corrected chi connectivity index (χ3v) is 2.28. The maximum absolute atomic E-state index is 5.52. The van der Waals surface area contributed by atoms with Crippen LogP contribution in [0, 0.1) is 6.92 Å². The normalized spacial score (nSPS) is 9.46. The van der Waals surface area contributed by atoms with Gasteiger partial charge in [-0.25, -0.2) is 4.98 Å². The van der Waals surface area contributed by atoms with Gasteiger partial charge < -0.3 is 5.73 Å². The van der Waals surface area contributed by atoms with E-state index in [1.54, 1.807) is 6.20 Å². The average Bonchev–Trinajstić information content (AvgIpc) is 2.48. The number of nitrogen functional groups attached to an aromatic ring is 1. The molecule has 2 aromatic rings. The number of nitrogens with two attached hydrogens (primary N) is 1. The van der Waals surface area contributed by atoms with E-state index in [0.29, 0.717) is 5.13 Å². The number of nitrogens with zero attached hydrogens (tertiary/aromatic N) is 2. The molecule has 0 unspecified atom stereocenters. The van der Waals surface area contributed by atoms with Crippen molar-refractivity contribution in [2.45, 2.75) is 20.8 Å². The summed E-state index contributed by atoms with van der Waals surface area (Å²) in [6, 6.07) is 1.99. The Bertz CT molecular complexity index is 395. The molecule has 4 heteroatoms.